The third-order valence-corrected chi connectivity index (χ3v) is 0. The van der Waals surface area contributed by atoms with Gasteiger partial charge in [0.1, 0.15) is 0 Å². The molecule has 0 aliphatic carbocycles. The van der Waals surface area contributed by atoms with Crippen LogP contribution < -0.4 is 5.34 Å². The quantitative estimate of drug-likeness (QED) is 0.270. The fourth-order valence-corrected chi connectivity index (χ4v) is 0. The molecule has 0 saturated heterocycles. The van der Waals surface area contributed by atoms with Crippen molar-refractivity contribution in [3.05, 3.63) is 17.5 Å². The fourth-order valence-electron chi connectivity index (χ4n) is 0. The summed E-state index contributed by atoms with van der Waals surface area (Å²) in [4.78, 5) is 8.12. The van der Waals surface area contributed by atoms with Gasteiger partial charge in [0.2, 0.25) is 0 Å². The van der Waals surface area contributed by atoms with E-state index in [-0.39, 0.29) is 12.8 Å². The molecule has 0 fully saturated rings. The van der Waals surface area contributed by atoms with Crippen LogP contribution in [0.2, 0.25) is 0 Å². The van der Waals surface area contributed by atoms with Crippen molar-refractivity contribution in [1.82, 2.24) is 0 Å². The zero-order valence-corrected chi connectivity index (χ0v) is 1.82. The largest absolute Gasteiger partial charge is 0.267 e. The Morgan fingerprint density at radius 2 is 1.75 bits per heavy atom. The van der Waals surface area contributed by atoms with E-state index in [1.165, 1.54) is 0 Å². The van der Waals surface area contributed by atoms with Gasteiger partial charge in [0.05, 0.1) is 0 Å². The molecule has 4 heavy (non-hydrogen) atoms. The van der Waals surface area contributed by atoms with E-state index in [1.54, 1.807) is 0 Å². The van der Waals surface area contributed by atoms with Gasteiger partial charge in [0.15, 0.2) is 0 Å². The first-order valence-electron chi connectivity index (χ1n) is 0.408. The highest BCUT2D eigenvalue weighted by atomic mass is 16.6. The minimum Gasteiger partial charge on any atom is -0.267 e. The maximum absolute atomic E-state index is 8.12. The Morgan fingerprint density at radius 1 is 1.75 bits per heavy atom. The second kappa shape index (κ2) is 29.4. The van der Waals surface area contributed by atoms with Crippen LogP contribution in [0.5, 0.6) is 0 Å². The molecule has 0 saturated carbocycles. The Morgan fingerprint density at radius 3 is 1.75 bits per heavy atom. The Kier molecular flexibility index (Phi) is 73.4. The minimum atomic E-state index is 0. The molecule has 0 unspecified atom stereocenters. The zero-order chi connectivity index (χ0) is 2.71. The van der Waals surface area contributed by atoms with Crippen LogP contribution in [-0.2, 0) is 0 Å². The average Bonchev–Trinajstić information content (AvgIpc) is 0.918. The molecular weight excluding hydrogens is 58.0 g/mol. The molecule has 0 rings (SSSR count). The molecule has 4 radical (unpaired) electrons. The molecule has 0 atom stereocenters. The molecule has 0 spiro atoms. The Bertz CT molecular complexity index is 13.5. The van der Waals surface area contributed by atoms with Crippen molar-refractivity contribution in [1.29, 1.82) is 0 Å². The van der Waals surface area contributed by atoms with Gasteiger partial charge in [-0.1, -0.05) is 0 Å². The topological polar surface area (TPSA) is 54.1 Å². The standard InChI is InChI=1S/C.HNO2/c;2-1-3/h;1H. The first kappa shape index (κ1) is 9.99. The lowest BCUT2D eigenvalue weighted by molar-refractivity contribution is -0.398. The van der Waals surface area contributed by atoms with Crippen LogP contribution in [-0.4, -0.2) is 0 Å². The lowest BCUT2D eigenvalue weighted by atomic mass is 12.0. The average molecular weight is 59.0 g/mol. The maximum atomic E-state index is 8.12. The molecule has 0 amide bonds. The summed E-state index contributed by atoms with van der Waals surface area (Å²) < 4.78 is 0. The van der Waals surface area contributed by atoms with Crippen LogP contribution in [0.1, 0.15) is 0 Å². The van der Waals surface area contributed by atoms with Gasteiger partial charge in [-0.05, 0) is 0 Å². The minimum absolute atomic E-state index is 0. The smallest absolute Gasteiger partial charge is 0.00366 e. The molecule has 22 valence electrons. The van der Waals surface area contributed by atoms with Gasteiger partial charge in [0.25, 0.3) is 0 Å². The Labute approximate surface area is 24.2 Å². The van der Waals surface area contributed by atoms with Crippen molar-refractivity contribution < 1.29 is 5.34 Å². The van der Waals surface area contributed by atoms with Gasteiger partial charge in [0, 0.05) is 12.8 Å². The van der Waals surface area contributed by atoms with Gasteiger partial charge < -0.3 is 0 Å². The second-order valence-corrected chi connectivity index (χ2v) is 0.0833. The summed E-state index contributed by atoms with van der Waals surface area (Å²) in [5, 5.41) is 8.38. The Balaban J connectivity index is 0. The van der Waals surface area contributed by atoms with E-state index in [4.69, 9.17) is 10.1 Å². The summed E-state index contributed by atoms with van der Waals surface area (Å²) in [5.41, 5.74) is 0. The number of rotatable bonds is 0. The first-order chi connectivity index (χ1) is 1.41. The van der Waals surface area contributed by atoms with Crippen LogP contribution in [0.4, 0.5) is 0 Å². The monoisotopic (exact) mass is 59.0 g/mol. The summed E-state index contributed by atoms with van der Waals surface area (Å²) in [6, 6.07) is 0. The molecule has 0 bridgehead atoms. The number of nitrogens with one attached hydrogen (secondary N) is 1. The van der Waals surface area contributed by atoms with Gasteiger partial charge in [-0.15, -0.1) is 0 Å². The lowest BCUT2D eigenvalue weighted by Crippen LogP contribution is -2.53. The van der Waals surface area contributed by atoms with E-state index in [0.717, 1.165) is 0 Å². The van der Waals surface area contributed by atoms with Crippen LogP contribution >= 0.6 is 0 Å². The van der Waals surface area contributed by atoms with Crippen LogP contribution in [0.15, 0.2) is 0 Å². The molecular formula is CHNO2. The molecule has 1 N–H and O–H groups in total. The third kappa shape index (κ3) is 0.622. The molecule has 0 aromatic carbocycles. The van der Waals surface area contributed by atoms with Crippen LogP contribution in [0, 0.1) is 17.5 Å². The molecule has 0 heterocycles. The molecule has 3 nitrogen and oxygen atoms in total. The van der Waals surface area contributed by atoms with E-state index in [2.05, 4.69) is 0 Å². The van der Waals surface area contributed by atoms with Gasteiger partial charge in [-0.25, -0.2) is 0 Å². The lowest BCUT2D eigenvalue weighted by Gasteiger charge is -1.36. The molecule has 0 aromatic heterocycles. The van der Waals surface area contributed by atoms with E-state index >= 15 is 0 Å². The maximum Gasteiger partial charge on any atom is 0.00366 e. The SMILES string of the molecule is O=[NH+][O-].[C]. The number of hydrogen-bond donors (Lipinski definition) is 1. The first-order valence-corrected chi connectivity index (χ1v) is 0.408. The van der Waals surface area contributed by atoms with E-state index in [1.807, 2.05) is 0 Å². The predicted molar refractivity (Wildman–Crippen MR) is 10.9 cm³/mol. The highest BCUT2D eigenvalue weighted by Gasteiger charge is 1.10. The van der Waals surface area contributed by atoms with Crippen LogP contribution in [0.3, 0.4) is 0 Å². The zero-order valence-electron chi connectivity index (χ0n) is 1.82. The van der Waals surface area contributed by atoms with Crippen molar-refractivity contribution in [3.8, 4) is 0 Å². The van der Waals surface area contributed by atoms with Crippen molar-refractivity contribution in [2.75, 3.05) is 0 Å². The van der Waals surface area contributed by atoms with E-state index in [0.29, 0.717) is 0 Å². The van der Waals surface area contributed by atoms with E-state index < -0.39 is 0 Å². The molecule has 0 aromatic rings. The predicted octanol–water partition coefficient (Wildman–Crippen LogP) is -1.59. The fraction of sp³-hybridized carbons (Fsp3) is 0. The van der Waals surface area contributed by atoms with Gasteiger partial charge in [-0.2, -0.15) is 0 Å². The summed E-state index contributed by atoms with van der Waals surface area (Å²) in [6.45, 7) is 0. The van der Waals surface area contributed by atoms with Crippen molar-refractivity contribution >= 4 is 0 Å². The third-order valence-electron chi connectivity index (χ3n) is 0. The van der Waals surface area contributed by atoms with Crippen molar-refractivity contribution in [2.45, 2.75) is 0 Å². The molecule has 0 aliphatic heterocycles. The normalized spacial score (nSPS) is 3.00. The van der Waals surface area contributed by atoms with Crippen LogP contribution in [0.25, 0.3) is 0 Å². The second-order valence-electron chi connectivity index (χ2n) is 0.0833. The van der Waals surface area contributed by atoms with Crippen molar-refractivity contribution in [2.24, 2.45) is 0 Å². The van der Waals surface area contributed by atoms with Gasteiger partial charge >= 0.3 is 0 Å². The Hall–Kier alpha value is -0.600. The van der Waals surface area contributed by atoms with Crippen molar-refractivity contribution in [3.63, 3.8) is 0 Å². The summed E-state index contributed by atoms with van der Waals surface area (Å²) >= 11 is 0. The molecule has 0 aliphatic rings. The summed E-state index contributed by atoms with van der Waals surface area (Å²) in [6.07, 6.45) is 0. The highest BCUT2D eigenvalue weighted by molar-refractivity contribution is 3.77. The van der Waals surface area contributed by atoms with E-state index in [9.17, 15) is 0 Å². The number of hydrogen-bond acceptors (Lipinski definition) is 2. The summed E-state index contributed by atoms with van der Waals surface area (Å²) in [7, 11) is 0. The summed E-state index contributed by atoms with van der Waals surface area (Å²) in [5.74, 6) is 0. The van der Waals surface area contributed by atoms with Gasteiger partial charge in [-0.3, -0.25) is 10.1 Å². The highest BCUT2D eigenvalue weighted by Crippen LogP contribution is 0.618. The molecule has 3 heteroatoms.